The van der Waals surface area contributed by atoms with E-state index in [0.717, 1.165) is 11.1 Å². The average molecular weight is 435 g/mol. The SMILES string of the molecule is COc1ccc(-c2c(C)noc2-c2ccc(OCc3ccccc3F)cc2O)cc1OC. The molecule has 1 heterocycles. The van der Waals surface area contributed by atoms with Crippen molar-refractivity contribution >= 4 is 0 Å². The number of nitrogens with zero attached hydrogens (tertiary/aromatic N) is 1. The summed E-state index contributed by atoms with van der Waals surface area (Å²) in [6, 6.07) is 16.7. The summed E-state index contributed by atoms with van der Waals surface area (Å²) in [6.45, 7) is 1.87. The van der Waals surface area contributed by atoms with Crippen LogP contribution < -0.4 is 14.2 Å². The molecule has 32 heavy (non-hydrogen) atoms. The minimum atomic E-state index is -0.343. The predicted octanol–water partition coefficient (Wildman–Crippen LogP) is 5.76. The maximum atomic E-state index is 13.8. The van der Waals surface area contributed by atoms with Crippen LogP contribution in [0.2, 0.25) is 0 Å². The Hall–Kier alpha value is -4.00. The Kier molecular flexibility index (Phi) is 5.98. The van der Waals surface area contributed by atoms with Crippen molar-refractivity contribution in [3.63, 3.8) is 0 Å². The van der Waals surface area contributed by atoms with Crippen LogP contribution in [-0.2, 0) is 6.61 Å². The second-order valence-electron chi connectivity index (χ2n) is 7.10. The molecule has 0 fully saturated rings. The third-order valence-electron chi connectivity index (χ3n) is 5.10. The largest absolute Gasteiger partial charge is 0.507 e. The third kappa shape index (κ3) is 4.09. The summed E-state index contributed by atoms with van der Waals surface area (Å²) < 4.78 is 35.7. The van der Waals surface area contributed by atoms with Crippen molar-refractivity contribution in [2.75, 3.05) is 14.2 Å². The molecular weight excluding hydrogens is 413 g/mol. The normalized spacial score (nSPS) is 10.8. The lowest BCUT2D eigenvalue weighted by molar-refractivity contribution is 0.298. The standard InChI is InChI=1S/C25H22FNO5/c1-15-24(16-8-11-22(29-2)23(12-16)30-3)25(32-27-15)19-10-9-18(13-21(19)28)31-14-17-6-4-5-7-20(17)26/h4-13,28H,14H2,1-3H3. The maximum absolute atomic E-state index is 13.8. The van der Waals surface area contributed by atoms with Gasteiger partial charge in [-0.2, -0.15) is 0 Å². The molecule has 0 saturated heterocycles. The molecule has 1 N–H and O–H groups in total. The second kappa shape index (κ2) is 9.01. The minimum Gasteiger partial charge on any atom is -0.507 e. The fourth-order valence-corrected chi connectivity index (χ4v) is 3.46. The molecule has 3 aromatic carbocycles. The van der Waals surface area contributed by atoms with Gasteiger partial charge in [0.05, 0.1) is 31.0 Å². The molecule has 7 heteroatoms. The van der Waals surface area contributed by atoms with Gasteiger partial charge in [-0.15, -0.1) is 0 Å². The highest BCUT2D eigenvalue weighted by atomic mass is 19.1. The number of hydrogen-bond acceptors (Lipinski definition) is 6. The highest BCUT2D eigenvalue weighted by Gasteiger charge is 2.21. The summed E-state index contributed by atoms with van der Waals surface area (Å²) in [4.78, 5) is 0. The van der Waals surface area contributed by atoms with Crippen LogP contribution in [0.1, 0.15) is 11.3 Å². The molecule has 164 valence electrons. The van der Waals surface area contributed by atoms with Gasteiger partial charge < -0.3 is 23.8 Å². The van der Waals surface area contributed by atoms with Crippen molar-refractivity contribution < 1.29 is 28.2 Å². The molecule has 4 aromatic rings. The Bertz CT molecular complexity index is 1250. The van der Waals surface area contributed by atoms with E-state index >= 15 is 0 Å². The van der Waals surface area contributed by atoms with Gasteiger partial charge in [0, 0.05) is 11.6 Å². The lowest BCUT2D eigenvalue weighted by atomic mass is 9.99. The Morgan fingerprint density at radius 3 is 2.47 bits per heavy atom. The molecular formula is C25H22FNO5. The molecule has 0 spiro atoms. The molecule has 6 nitrogen and oxygen atoms in total. The zero-order chi connectivity index (χ0) is 22.7. The number of phenols is 1. The van der Waals surface area contributed by atoms with Gasteiger partial charge in [0.2, 0.25) is 0 Å². The summed E-state index contributed by atoms with van der Waals surface area (Å²) >= 11 is 0. The van der Waals surface area contributed by atoms with Crippen LogP contribution >= 0.6 is 0 Å². The van der Waals surface area contributed by atoms with Crippen molar-refractivity contribution in [2.45, 2.75) is 13.5 Å². The molecule has 0 bridgehead atoms. The molecule has 0 aliphatic rings. The number of benzene rings is 3. The van der Waals surface area contributed by atoms with E-state index in [2.05, 4.69) is 5.16 Å². The Morgan fingerprint density at radius 1 is 0.969 bits per heavy atom. The van der Waals surface area contributed by atoms with E-state index in [-0.39, 0.29) is 18.2 Å². The number of phenolic OH excluding ortho intramolecular Hbond substituents is 1. The first-order valence-corrected chi connectivity index (χ1v) is 9.90. The van der Waals surface area contributed by atoms with Crippen LogP contribution in [0.3, 0.4) is 0 Å². The fourth-order valence-electron chi connectivity index (χ4n) is 3.46. The van der Waals surface area contributed by atoms with Gasteiger partial charge in [-0.1, -0.05) is 29.4 Å². The number of rotatable bonds is 7. The van der Waals surface area contributed by atoms with Crippen molar-refractivity contribution in [3.05, 3.63) is 77.7 Å². The maximum Gasteiger partial charge on any atom is 0.178 e. The molecule has 0 saturated carbocycles. The molecule has 1 aromatic heterocycles. The lowest BCUT2D eigenvalue weighted by Gasteiger charge is -2.11. The van der Waals surface area contributed by atoms with Crippen LogP contribution in [0.5, 0.6) is 23.0 Å². The van der Waals surface area contributed by atoms with Crippen LogP contribution in [0.4, 0.5) is 4.39 Å². The van der Waals surface area contributed by atoms with Gasteiger partial charge in [-0.3, -0.25) is 0 Å². The summed E-state index contributed by atoms with van der Waals surface area (Å²) in [7, 11) is 3.14. The summed E-state index contributed by atoms with van der Waals surface area (Å²) in [6.07, 6.45) is 0. The first-order chi connectivity index (χ1) is 15.5. The average Bonchev–Trinajstić information content (AvgIpc) is 3.19. The van der Waals surface area contributed by atoms with E-state index in [0.29, 0.717) is 39.8 Å². The Morgan fingerprint density at radius 2 is 1.75 bits per heavy atom. The zero-order valence-electron chi connectivity index (χ0n) is 17.9. The van der Waals surface area contributed by atoms with E-state index in [4.69, 9.17) is 18.7 Å². The third-order valence-corrected chi connectivity index (χ3v) is 5.10. The molecule has 0 radical (unpaired) electrons. The van der Waals surface area contributed by atoms with E-state index in [1.807, 2.05) is 19.1 Å². The quantitative estimate of drug-likeness (QED) is 0.398. The van der Waals surface area contributed by atoms with Crippen LogP contribution in [0.25, 0.3) is 22.5 Å². The zero-order valence-corrected chi connectivity index (χ0v) is 17.9. The van der Waals surface area contributed by atoms with E-state index < -0.39 is 0 Å². The highest BCUT2D eigenvalue weighted by molar-refractivity contribution is 5.84. The van der Waals surface area contributed by atoms with Gasteiger partial charge in [0.15, 0.2) is 17.3 Å². The van der Waals surface area contributed by atoms with Gasteiger partial charge in [-0.25, -0.2) is 4.39 Å². The number of hydrogen-bond donors (Lipinski definition) is 1. The molecule has 0 unspecified atom stereocenters. The smallest absolute Gasteiger partial charge is 0.178 e. The molecule has 4 rings (SSSR count). The first-order valence-electron chi connectivity index (χ1n) is 9.90. The van der Waals surface area contributed by atoms with E-state index in [1.54, 1.807) is 50.6 Å². The lowest BCUT2D eigenvalue weighted by Crippen LogP contribution is -1.98. The van der Waals surface area contributed by atoms with Gasteiger partial charge >= 0.3 is 0 Å². The second-order valence-corrected chi connectivity index (χ2v) is 7.10. The van der Waals surface area contributed by atoms with Gasteiger partial charge in [-0.05, 0) is 42.8 Å². The van der Waals surface area contributed by atoms with Crippen molar-refractivity contribution in [3.8, 4) is 45.4 Å². The first kappa shape index (κ1) is 21.2. The van der Waals surface area contributed by atoms with E-state index in [1.165, 1.54) is 12.1 Å². The highest BCUT2D eigenvalue weighted by Crippen LogP contribution is 2.42. The number of aryl methyl sites for hydroxylation is 1. The number of ether oxygens (including phenoxy) is 3. The molecule has 0 amide bonds. The van der Waals surface area contributed by atoms with E-state index in [9.17, 15) is 9.50 Å². The number of aromatic nitrogens is 1. The van der Waals surface area contributed by atoms with Crippen LogP contribution in [0, 0.1) is 12.7 Å². The summed E-state index contributed by atoms with van der Waals surface area (Å²) in [5.41, 5.74) is 3.06. The molecule has 0 aliphatic carbocycles. The van der Waals surface area contributed by atoms with Crippen molar-refractivity contribution in [1.29, 1.82) is 0 Å². The number of methoxy groups -OCH3 is 2. The molecule has 0 aliphatic heterocycles. The Balaban J connectivity index is 1.65. The van der Waals surface area contributed by atoms with Gasteiger partial charge in [0.1, 0.15) is 23.9 Å². The molecule has 0 atom stereocenters. The van der Waals surface area contributed by atoms with Crippen LogP contribution in [-0.4, -0.2) is 24.5 Å². The number of aromatic hydroxyl groups is 1. The fraction of sp³-hybridized carbons (Fsp3) is 0.160. The monoisotopic (exact) mass is 435 g/mol. The Labute approximate surface area is 184 Å². The predicted molar refractivity (Wildman–Crippen MR) is 118 cm³/mol. The topological polar surface area (TPSA) is 74.0 Å². The van der Waals surface area contributed by atoms with Crippen molar-refractivity contribution in [1.82, 2.24) is 5.16 Å². The van der Waals surface area contributed by atoms with Crippen molar-refractivity contribution in [2.24, 2.45) is 0 Å². The minimum absolute atomic E-state index is 0.0454. The summed E-state index contributed by atoms with van der Waals surface area (Å²) in [5.74, 6) is 1.59. The van der Waals surface area contributed by atoms with Crippen LogP contribution in [0.15, 0.2) is 65.2 Å². The van der Waals surface area contributed by atoms with Gasteiger partial charge in [0.25, 0.3) is 0 Å². The number of halogens is 1. The summed E-state index contributed by atoms with van der Waals surface area (Å²) in [5, 5.41) is 14.8.